The van der Waals surface area contributed by atoms with E-state index in [0.717, 1.165) is 51.0 Å². The van der Waals surface area contributed by atoms with Crippen LogP contribution in [-0.2, 0) is 6.54 Å². The van der Waals surface area contributed by atoms with E-state index in [4.69, 9.17) is 5.10 Å². The number of alkyl halides is 1. The van der Waals surface area contributed by atoms with Crippen molar-refractivity contribution < 1.29 is 4.39 Å². The molecule has 1 aromatic carbocycles. The van der Waals surface area contributed by atoms with Gasteiger partial charge in [-0.15, -0.1) is 0 Å². The Morgan fingerprint density at radius 3 is 2.59 bits per heavy atom. The Labute approximate surface area is 178 Å². The number of piperidine rings is 1. The van der Waals surface area contributed by atoms with Gasteiger partial charge >= 0.3 is 0 Å². The average molecular weight is 402 g/mol. The Balaban J connectivity index is 0.00000204. The van der Waals surface area contributed by atoms with Gasteiger partial charge in [0.15, 0.2) is 0 Å². The molecule has 4 heteroatoms. The van der Waals surface area contributed by atoms with E-state index < -0.39 is 6.67 Å². The monoisotopic (exact) mass is 401 g/mol. The summed E-state index contributed by atoms with van der Waals surface area (Å²) in [6.07, 6.45) is 8.78. The Kier molecular flexibility index (Phi) is 13.0. The third-order valence-electron chi connectivity index (χ3n) is 4.69. The van der Waals surface area contributed by atoms with Crippen LogP contribution in [0.15, 0.2) is 59.2 Å². The van der Waals surface area contributed by atoms with E-state index >= 15 is 0 Å². The van der Waals surface area contributed by atoms with Crippen molar-refractivity contribution in [2.75, 3.05) is 26.3 Å². The topological polar surface area (TPSA) is 18.8 Å². The predicted molar refractivity (Wildman–Crippen MR) is 125 cm³/mol. The SMILES string of the molecule is CC.CC/C=C(\C=C/CF)CN(/N=C1\CCCN(Cc2ccccc2)C1)C(C)C. The fourth-order valence-corrected chi connectivity index (χ4v) is 3.33. The Hall–Kier alpha value is -1.94. The number of hydrazone groups is 1. The smallest absolute Gasteiger partial charge is 0.108 e. The van der Waals surface area contributed by atoms with Gasteiger partial charge in [-0.25, -0.2) is 4.39 Å². The molecule has 3 nitrogen and oxygen atoms in total. The minimum absolute atomic E-state index is 0.307. The summed E-state index contributed by atoms with van der Waals surface area (Å²) >= 11 is 0. The fraction of sp³-hybridized carbons (Fsp3) is 0.560. The van der Waals surface area contributed by atoms with E-state index in [1.807, 2.05) is 19.9 Å². The van der Waals surface area contributed by atoms with Crippen molar-refractivity contribution in [3.63, 3.8) is 0 Å². The highest BCUT2D eigenvalue weighted by Crippen LogP contribution is 2.15. The Bertz CT molecular complexity index is 635. The maximum Gasteiger partial charge on any atom is 0.108 e. The first-order chi connectivity index (χ1) is 14.1. The number of rotatable bonds is 9. The summed E-state index contributed by atoms with van der Waals surface area (Å²) in [6.45, 7) is 13.8. The van der Waals surface area contributed by atoms with Crippen molar-refractivity contribution >= 4 is 5.71 Å². The van der Waals surface area contributed by atoms with Gasteiger partial charge in [-0.2, -0.15) is 5.10 Å². The largest absolute Gasteiger partial charge is 0.294 e. The van der Waals surface area contributed by atoms with Crippen LogP contribution >= 0.6 is 0 Å². The quantitative estimate of drug-likeness (QED) is 0.360. The van der Waals surface area contributed by atoms with Gasteiger partial charge in [0.25, 0.3) is 0 Å². The summed E-state index contributed by atoms with van der Waals surface area (Å²) in [6, 6.07) is 10.9. The van der Waals surface area contributed by atoms with Crippen molar-refractivity contribution in [2.45, 2.75) is 66.5 Å². The number of hydrogen-bond donors (Lipinski definition) is 0. The number of allylic oxidation sites excluding steroid dienone is 2. The maximum atomic E-state index is 12.5. The Morgan fingerprint density at radius 1 is 1.24 bits per heavy atom. The molecular formula is C25H40FN3. The van der Waals surface area contributed by atoms with Gasteiger partial charge in [-0.3, -0.25) is 9.91 Å². The van der Waals surface area contributed by atoms with E-state index in [1.165, 1.54) is 11.3 Å². The van der Waals surface area contributed by atoms with Crippen molar-refractivity contribution in [1.29, 1.82) is 0 Å². The molecule has 162 valence electrons. The van der Waals surface area contributed by atoms with Gasteiger partial charge in [0.05, 0.1) is 12.3 Å². The van der Waals surface area contributed by atoms with Crippen molar-refractivity contribution in [3.05, 3.63) is 59.7 Å². The van der Waals surface area contributed by atoms with Crippen LogP contribution in [0.5, 0.6) is 0 Å². The van der Waals surface area contributed by atoms with E-state index in [9.17, 15) is 4.39 Å². The minimum Gasteiger partial charge on any atom is -0.294 e. The highest BCUT2D eigenvalue weighted by Gasteiger charge is 2.18. The summed E-state index contributed by atoms with van der Waals surface area (Å²) < 4.78 is 12.5. The van der Waals surface area contributed by atoms with Crippen LogP contribution in [0.2, 0.25) is 0 Å². The molecule has 1 aliphatic rings. The number of nitrogens with zero attached hydrogens (tertiary/aromatic N) is 3. The third-order valence-corrected chi connectivity index (χ3v) is 4.69. The molecule has 0 radical (unpaired) electrons. The lowest BCUT2D eigenvalue weighted by Crippen LogP contribution is -2.37. The van der Waals surface area contributed by atoms with E-state index in [0.29, 0.717) is 6.04 Å². The molecule has 0 bridgehead atoms. The summed E-state index contributed by atoms with van der Waals surface area (Å²) in [5.74, 6) is 0. The lowest BCUT2D eigenvalue weighted by molar-refractivity contribution is 0.241. The summed E-state index contributed by atoms with van der Waals surface area (Å²) in [7, 11) is 0. The first-order valence-corrected chi connectivity index (χ1v) is 11.1. The van der Waals surface area contributed by atoms with Crippen LogP contribution in [0.1, 0.15) is 59.4 Å². The summed E-state index contributed by atoms with van der Waals surface area (Å²) in [4.78, 5) is 2.47. The van der Waals surface area contributed by atoms with Crippen LogP contribution < -0.4 is 0 Å². The number of halogens is 1. The van der Waals surface area contributed by atoms with Crippen molar-refractivity contribution in [1.82, 2.24) is 9.91 Å². The van der Waals surface area contributed by atoms with Crippen LogP contribution in [0.3, 0.4) is 0 Å². The normalized spacial score (nSPS) is 16.9. The second-order valence-electron chi connectivity index (χ2n) is 7.40. The zero-order valence-electron chi connectivity index (χ0n) is 19.1. The average Bonchev–Trinajstić information content (AvgIpc) is 2.74. The second-order valence-corrected chi connectivity index (χ2v) is 7.40. The molecule has 29 heavy (non-hydrogen) atoms. The Morgan fingerprint density at radius 2 is 1.97 bits per heavy atom. The van der Waals surface area contributed by atoms with Crippen LogP contribution in [0.4, 0.5) is 4.39 Å². The van der Waals surface area contributed by atoms with Gasteiger partial charge < -0.3 is 0 Å². The molecule has 1 fully saturated rings. The van der Waals surface area contributed by atoms with Crippen LogP contribution in [-0.4, -0.2) is 48.0 Å². The molecular weight excluding hydrogens is 361 g/mol. The minimum atomic E-state index is -0.425. The zero-order chi connectivity index (χ0) is 21.5. The molecule has 1 saturated heterocycles. The van der Waals surface area contributed by atoms with Gasteiger partial charge in [0.1, 0.15) is 6.67 Å². The number of likely N-dealkylation sites (tertiary alicyclic amines) is 1. The molecule has 1 aromatic rings. The molecule has 0 amide bonds. The molecule has 0 unspecified atom stereocenters. The zero-order valence-corrected chi connectivity index (χ0v) is 19.1. The van der Waals surface area contributed by atoms with Gasteiger partial charge in [-0.1, -0.05) is 69.3 Å². The lowest BCUT2D eigenvalue weighted by Gasteiger charge is -2.31. The van der Waals surface area contributed by atoms with E-state index in [2.05, 4.69) is 67.1 Å². The van der Waals surface area contributed by atoms with Crippen molar-refractivity contribution in [3.8, 4) is 0 Å². The third kappa shape index (κ3) is 9.89. The molecule has 1 heterocycles. The molecule has 1 aliphatic heterocycles. The molecule has 2 rings (SSSR count). The summed E-state index contributed by atoms with van der Waals surface area (Å²) in [5, 5.41) is 7.14. The summed E-state index contributed by atoms with van der Waals surface area (Å²) in [5.41, 5.74) is 3.73. The van der Waals surface area contributed by atoms with Crippen LogP contribution in [0.25, 0.3) is 0 Å². The van der Waals surface area contributed by atoms with Gasteiger partial charge in [0, 0.05) is 19.1 Å². The first kappa shape index (κ1) is 25.1. The molecule has 0 aromatic heterocycles. The molecule has 0 N–H and O–H groups in total. The molecule has 0 aliphatic carbocycles. The number of hydrogen-bond acceptors (Lipinski definition) is 3. The van der Waals surface area contributed by atoms with E-state index in [1.54, 1.807) is 6.08 Å². The van der Waals surface area contributed by atoms with Crippen molar-refractivity contribution in [2.24, 2.45) is 5.10 Å². The molecule has 0 saturated carbocycles. The highest BCUT2D eigenvalue weighted by atomic mass is 19.1. The standard InChI is InChI=1S/C23H34FN3.C2H6/c1-4-10-21(13-8-15-24)18-27(20(2)3)25-23-14-9-16-26(19-23)17-22-11-6-5-7-12-22;1-2/h5-8,10-13,20H,4,9,14-19H2,1-3H3;1-2H3/b13-8-,21-10+,25-23+;. The second kappa shape index (κ2) is 15.0. The van der Waals surface area contributed by atoms with Crippen LogP contribution in [0, 0.1) is 0 Å². The molecule has 0 spiro atoms. The first-order valence-electron chi connectivity index (χ1n) is 11.1. The van der Waals surface area contributed by atoms with Gasteiger partial charge in [0.2, 0.25) is 0 Å². The molecule has 0 atom stereocenters. The lowest BCUT2D eigenvalue weighted by atomic mass is 10.1. The predicted octanol–water partition coefficient (Wildman–Crippen LogP) is 6.24. The fourth-order valence-electron chi connectivity index (χ4n) is 3.33. The van der Waals surface area contributed by atoms with E-state index in [-0.39, 0.29) is 0 Å². The van der Waals surface area contributed by atoms with Gasteiger partial charge in [-0.05, 0) is 50.8 Å². The maximum absolute atomic E-state index is 12.5. The number of benzene rings is 1. The highest BCUT2D eigenvalue weighted by molar-refractivity contribution is 5.86.